The van der Waals surface area contributed by atoms with Gasteiger partial charge >= 0.3 is 6.03 Å². The molecule has 1 aromatic carbocycles. The Morgan fingerprint density at radius 3 is 2.38 bits per heavy atom. The highest BCUT2D eigenvalue weighted by molar-refractivity contribution is 6.00. The van der Waals surface area contributed by atoms with Crippen molar-refractivity contribution in [2.45, 2.75) is 6.04 Å². The summed E-state index contributed by atoms with van der Waals surface area (Å²) in [4.78, 5) is 23.8. The van der Waals surface area contributed by atoms with E-state index in [9.17, 15) is 9.59 Å². The van der Waals surface area contributed by atoms with E-state index in [-0.39, 0.29) is 6.61 Å². The minimum atomic E-state index is -0.860. The molecule has 0 aromatic heterocycles. The summed E-state index contributed by atoms with van der Waals surface area (Å²) in [6.45, 7) is 7.42. The summed E-state index contributed by atoms with van der Waals surface area (Å²) < 4.78 is 9.79. The van der Waals surface area contributed by atoms with E-state index in [1.165, 1.54) is 12.5 Å². The van der Waals surface area contributed by atoms with Gasteiger partial charge in [0, 0.05) is 0 Å². The number of carbonyl (C=O) groups is 2. The Kier molecular flexibility index (Phi) is 8.48. The number of amides is 3. The van der Waals surface area contributed by atoms with Crippen LogP contribution in [0.3, 0.4) is 0 Å². The molecule has 1 unspecified atom stereocenters. The minimum Gasteiger partial charge on any atom is -0.500 e. The number of urea groups is 1. The lowest BCUT2D eigenvalue weighted by atomic mass is 10.2. The van der Waals surface area contributed by atoms with Crippen LogP contribution in [-0.4, -0.2) is 37.7 Å². The van der Waals surface area contributed by atoms with Gasteiger partial charge in [0.05, 0.1) is 30.4 Å². The quantitative estimate of drug-likeness (QED) is 0.381. The van der Waals surface area contributed by atoms with E-state index in [2.05, 4.69) is 29.1 Å². The van der Waals surface area contributed by atoms with Crippen molar-refractivity contribution in [3.63, 3.8) is 0 Å². The van der Waals surface area contributed by atoms with Gasteiger partial charge in [0.15, 0.2) is 0 Å². The maximum atomic E-state index is 12.0. The van der Waals surface area contributed by atoms with E-state index < -0.39 is 18.0 Å². The number of nitrogens with one attached hydrogen (secondary N) is 3. The fourth-order valence-corrected chi connectivity index (χ4v) is 1.65. The summed E-state index contributed by atoms with van der Waals surface area (Å²) in [6.07, 6.45) is 2.51. The molecule has 0 fully saturated rings. The number of benzene rings is 1. The van der Waals surface area contributed by atoms with Gasteiger partial charge in [0.1, 0.15) is 19.3 Å². The van der Waals surface area contributed by atoms with Gasteiger partial charge < -0.3 is 31.2 Å². The first-order valence-electron chi connectivity index (χ1n) is 7.23. The van der Waals surface area contributed by atoms with Crippen molar-refractivity contribution in [1.82, 2.24) is 5.32 Å². The zero-order valence-corrected chi connectivity index (χ0v) is 13.3. The molecule has 130 valence electrons. The molecule has 0 bridgehead atoms. The molecule has 0 saturated carbocycles. The average Bonchev–Trinajstić information content (AvgIpc) is 2.58. The molecule has 5 N–H and O–H groups in total. The smallest absolute Gasteiger partial charge is 0.319 e. The maximum absolute atomic E-state index is 12.0. The van der Waals surface area contributed by atoms with Gasteiger partial charge in [0.25, 0.3) is 0 Å². The van der Waals surface area contributed by atoms with Crippen LogP contribution in [-0.2, 0) is 14.3 Å². The van der Waals surface area contributed by atoms with Crippen LogP contribution < -0.4 is 21.7 Å². The zero-order valence-electron chi connectivity index (χ0n) is 13.3. The van der Waals surface area contributed by atoms with E-state index in [1.807, 2.05) is 0 Å². The van der Waals surface area contributed by atoms with Gasteiger partial charge in [-0.15, -0.1) is 0 Å². The second kappa shape index (κ2) is 10.7. The third-order valence-electron chi connectivity index (χ3n) is 2.79. The Balaban J connectivity index is 2.60. The molecule has 0 spiro atoms. The van der Waals surface area contributed by atoms with E-state index in [1.54, 1.807) is 24.3 Å². The van der Waals surface area contributed by atoms with Gasteiger partial charge in [-0.25, -0.2) is 4.79 Å². The SMILES string of the molecule is C=COCCNC(=O)Nc1ccccc1NC(=O)C(N)COC=C. The van der Waals surface area contributed by atoms with E-state index >= 15 is 0 Å². The van der Waals surface area contributed by atoms with Crippen LogP contribution in [0.2, 0.25) is 0 Å². The summed E-state index contributed by atoms with van der Waals surface area (Å²) in [7, 11) is 0. The van der Waals surface area contributed by atoms with Crippen molar-refractivity contribution in [2.75, 3.05) is 30.4 Å². The molecule has 0 aliphatic rings. The van der Waals surface area contributed by atoms with Crippen molar-refractivity contribution in [3.8, 4) is 0 Å². The monoisotopic (exact) mass is 334 g/mol. The fourth-order valence-electron chi connectivity index (χ4n) is 1.65. The molecule has 3 amide bonds. The summed E-state index contributed by atoms with van der Waals surface area (Å²) in [5.41, 5.74) is 6.55. The number of rotatable bonds is 10. The maximum Gasteiger partial charge on any atom is 0.319 e. The van der Waals surface area contributed by atoms with Gasteiger partial charge in [-0.05, 0) is 12.1 Å². The Bertz CT molecular complexity index is 577. The van der Waals surface area contributed by atoms with E-state index in [4.69, 9.17) is 15.2 Å². The van der Waals surface area contributed by atoms with Gasteiger partial charge in [0.2, 0.25) is 5.91 Å². The molecular weight excluding hydrogens is 312 g/mol. The Hall–Kier alpha value is -3.00. The summed E-state index contributed by atoms with van der Waals surface area (Å²) in [5.74, 6) is -0.439. The largest absolute Gasteiger partial charge is 0.500 e. The lowest BCUT2D eigenvalue weighted by Crippen LogP contribution is -2.39. The van der Waals surface area contributed by atoms with Crippen LogP contribution in [0.15, 0.2) is 49.9 Å². The molecule has 0 saturated heterocycles. The van der Waals surface area contributed by atoms with Gasteiger partial charge in [-0.3, -0.25) is 4.79 Å². The number of carbonyl (C=O) groups excluding carboxylic acids is 2. The second-order valence-electron chi connectivity index (χ2n) is 4.56. The highest BCUT2D eigenvalue weighted by atomic mass is 16.5. The third-order valence-corrected chi connectivity index (χ3v) is 2.79. The lowest BCUT2D eigenvalue weighted by Gasteiger charge is -2.15. The number of hydrogen-bond donors (Lipinski definition) is 4. The molecule has 0 aliphatic carbocycles. The standard InChI is InChI=1S/C16H22N4O4/c1-3-23-10-9-18-16(22)20-14-8-6-5-7-13(14)19-15(21)12(17)11-24-4-2/h3-8,12H,1-2,9-11,17H2,(H,19,21)(H2,18,20,22). The molecule has 1 rings (SSSR count). The summed E-state index contributed by atoms with van der Waals surface area (Å²) >= 11 is 0. The van der Waals surface area contributed by atoms with Crippen molar-refractivity contribution in [1.29, 1.82) is 0 Å². The molecule has 1 aromatic rings. The second-order valence-corrected chi connectivity index (χ2v) is 4.56. The lowest BCUT2D eigenvalue weighted by molar-refractivity contribution is -0.118. The van der Waals surface area contributed by atoms with Crippen LogP contribution in [0.25, 0.3) is 0 Å². The highest BCUT2D eigenvalue weighted by Crippen LogP contribution is 2.20. The van der Waals surface area contributed by atoms with Crippen LogP contribution >= 0.6 is 0 Å². The van der Waals surface area contributed by atoms with Crippen molar-refractivity contribution in [2.24, 2.45) is 5.73 Å². The molecule has 24 heavy (non-hydrogen) atoms. The molecule has 0 heterocycles. The first-order chi connectivity index (χ1) is 11.6. The molecule has 8 heteroatoms. The van der Waals surface area contributed by atoms with Crippen molar-refractivity contribution >= 4 is 23.3 Å². The van der Waals surface area contributed by atoms with Crippen molar-refractivity contribution in [3.05, 3.63) is 49.9 Å². The number of anilines is 2. The topological polar surface area (TPSA) is 115 Å². The fraction of sp³-hybridized carbons (Fsp3) is 0.250. The zero-order chi connectivity index (χ0) is 17.8. The predicted octanol–water partition coefficient (Wildman–Crippen LogP) is 1.39. The molecule has 8 nitrogen and oxygen atoms in total. The van der Waals surface area contributed by atoms with Gasteiger partial charge in [-0.2, -0.15) is 0 Å². The number of nitrogens with two attached hydrogens (primary N) is 1. The van der Waals surface area contributed by atoms with Crippen LogP contribution in [0.1, 0.15) is 0 Å². The predicted molar refractivity (Wildman–Crippen MR) is 92.4 cm³/mol. The molecular formula is C16H22N4O4. The average molecular weight is 334 g/mol. The van der Waals surface area contributed by atoms with Crippen molar-refractivity contribution < 1.29 is 19.1 Å². The molecule has 1 atom stereocenters. The van der Waals surface area contributed by atoms with Gasteiger partial charge in [-0.1, -0.05) is 25.3 Å². The first-order valence-corrected chi connectivity index (χ1v) is 7.23. The van der Waals surface area contributed by atoms with Crippen LogP contribution in [0.5, 0.6) is 0 Å². The Morgan fingerprint density at radius 2 is 1.75 bits per heavy atom. The molecule has 0 aliphatic heterocycles. The first kappa shape index (κ1) is 19.0. The number of para-hydroxylation sites is 2. The summed E-state index contributed by atoms with van der Waals surface area (Å²) in [6, 6.07) is 5.47. The summed E-state index contributed by atoms with van der Waals surface area (Å²) in [5, 5.41) is 7.89. The third kappa shape index (κ3) is 6.84. The van der Waals surface area contributed by atoms with E-state index in [0.717, 1.165) is 0 Å². The normalized spacial score (nSPS) is 10.9. The Labute approximate surface area is 140 Å². The van der Waals surface area contributed by atoms with E-state index in [0.29, 0.717) is 24.5 Å². The number of ether oxygens (including phenoxy) is 2. The molecule has 0 radical (unpaired) electrons. The minimum absolute atomic E-state index is 0.00865. The van der Waals surface area contributed by atoms with Crippen LogP contribution in [0, 0.1) is 0 Å². The number of hydrogen-bond acceptors (Lipinski definition) is 5. The highest BCUT2D eigenvalue weighted by Gasteiger charge is 2.15. The Morgan fingerprint density at radius 1 is 1.12 bits per heavy atom. The van der Waals surface area contributed by atoms with Crippen LogP contribution in [0.4, 0.5) is 16.2 Å².